The van der Waals surface area contributed by atoms with Gasteiger partial charge in [-0.1, -0.05) is 37.1 Å². The van der Waals surface area contributed by atoms with Gasteiger partial charge in [0, 0.05) is 6.54 Å². The maximum absolute atomic E-state index is 13.0. The molecule has 4 rings (SSSR count). The molecule has 0 aromatic heterocycles. The SMILES string of the molecule is Cl.O=C(NC1CCc2ccccc21)[C@@]12CCCC[C@H]1CNC2. The molecule has 3 atom stereocenters. The second-order valence-corrected chi connectivity index (χ2v) is 6.99. The minimum absolute atomic E-state index is 0. The molecule has 3 aliphatic rings. The van der Waals surface area contributed by atoms with Crippen molar-refractivity contribution in [2.24, 2.45) is 11.3 Å². The van der Waals surface area contributed by atoms with E-state index in [2.05, 4.69) is 34.9 Å². The lowest BCUT2D eigenvalue weighted by Crippen LogP contribution is -2.48. The Morgan fingerprint density at radius 2 is 2.09 bits per heavy atom. The highest BCUT2D eigenvalue weighted by Gasteiger charge is 2.50. The zero-order chi connectivity index (χ0) is 14.3. The van der Waals surface area contributed by atoms with Gasteiger partial charge >= 0.3 is 0 Å². The van der Waals surface area contributed by atoms with Crippen molar-refractivity contribution in [2.75, 3.05) is 13.1 Å². The summed E-state index contributed by atoms with van der Waals surface area (Å²) in [5.74, 6) is 0.849. The molecule has 120 valence electrons. The van der Waals surface area contributed by atoms with Crippen LogP contribution >= 0.6 is 12.4 Å². The van der Waals surface area contributed by atoms with Crippen LogP contribution in [-0.4, -0.2) is 19.0 Å². The average Bonchev–Trinajstić information content (AvgIpc) is 3.12. The first kappa shape index (κ1) is 15.8. The van der Waals surface area contributed by atoms with Gasteiger partial charge in [0.1, 0.15) is 0 Å². The molecule has 22 heavy (non-hydrogen) atoms. The number of hydrogen-bond acceptors (Lipinski definition) is 2. The van der Waals surface area contributed by atoms with Crippen molar-refractivity contribution in [2.45, 2.75) is 44.6 Å². The third kappa shape index (κ3) is 2.44. The van der Waals surface area contributed by atoms with Crippen molar-refractivity contribution in [1.29, 1.82) is 0 Å². The molecule has 0 spiro atoms. The van der Waals surface area contributed by atoms with Crippen LogP contribution in [0.5, 0.6) is 0 Å². The monoisotopic (exact) mass is 320 g/mol. The normalized spacial score (nSPS) is 32.7. The number of fused-ring (bicyclic) bond motifs is 2. The Hall–Kier alpha value is -1.06. The molecule has 0 radical (unpaired) electrons. The van der Waals surface area contributed by atoms with Crippen molar-refractivity contribution >= 4 is 18.3 Å². The van der Waals surface area contributed by atoms with Crippen molar-refractivity contribution in [1.82, 2.24) is 10.6 Å². The smallest absolute Gasteiger partial charge is 0.228 e. The van der Waals surface area contributed by atoms with Gasteiger partial charge in [-0.05, 0) is 49.3 Å². The molecule has 1 aromatic carbocycles. The van der Waals surface area contributed by atoms with Gasteiger partial charge in [0.15, 0.2) is 0 Å². The molecule has 1 heterocycles. The molecule has 1 aliphatic heterocycles. The second kappa shape index (κ2) is 6.21. The van der Waals surface area contributed by atoms with Crippen LogP contribution in [0.4, 0.5) is 0 Å². The van der Waals surface area contributed by atoms with Gasteiger partial charge < -0.3 is 10.6 Å². The Balaban J connectivity index is 0.00000144. The van der Waals surface area contributed by atoms with Crippen molar-refractivity contribution in [3.05, 3.63) is 35.4 Å². The topological polar surface area (TPSA) is 41.1 Å². The van der Waals surface area contributed by atoms with E-state index in [9.17, 15) is 4.79 Å². The molecular weight excluding hydrogens is 296 g/mol. The number of carbonyl (C=O) groups is 1. The summed E-state index contributed by atoms with van der Waals surface area (Å²) in [5.41, 5.74) is 2.61. The Labute approximate surface area is 138 Å². The molecule has 3 nitrogen and oxygen atoms in total. The van der Waals surface area contributed by atoms with E-state index in [1.165, 1.54) is 30.4 Å². The Morgan fingerprint density at radius 1 is 1.23 bits per heavy atom. The number of rotatable bonds is 2. The number of benzene rings is 1. The maximum Gasteiger partial charge on any atom is 0.228 e. The quantitative estimate of drug-likeness (QED) is 0.879. The van der Waals surface area contributed by atoms with E-state index >= 15 is 0 Å². The highest BCUT2D eigenvalue weighted by molar-refractivity contribution is 5.85. The van der Waals surface area contributed by atoms with E-state index in [0.29, 0.717) is 11.8 Å². The van der Waals surface area contributed by atoms with Crippen LogP contribution in [0.1, 0.15) is 49.3 Å². The number of amides is 1. The summed E-state index contributed by atoms with van der Waals surface area (Å²) in [4.78, 5) is 13.0. The number of nitrogens with one attached hydrogen (secondary N) is 2. The van der Waals surface area contributed by atoms with Gasteiger partial charge in [0.2, 0.25) is 5.91 Å². The molecule has 1 saturated carbocycles. The molecule has 1 unspecified atom stereocenters. The van der Waals surface area contributed by atoms with Gasteiger partial charge in [0.25, 0.3) is 0 Å². The largest absolute Gasteiger partial charge is 0.349 e. The minimum Gasteiger partial charge on any atom is -0.349 e. The summed E-state index contributed by atoms with van der Waals surface area (Å²) in [7, 11) is 0. The maximum atomic E-state index is 13.0. The number of aryl methyl sites for hydroxylation is 1. The van der Waals surface area contributed by atoms with Crippen LogP contribution in [0.2, 0.25) is 0 Å². The van der Waals surface area contributed by atoms with Crippen LogP contribution in [0.3, 0.4) is 0 Å². The highest BCUT2D eigenvalue weighted by atomic mass is 35.5. The minimum atomic E-state index is -0.129. The first-order valence-electron chi connectivity index (χ1n) is 8.39. The number of hydrogen-bond donors (Lipinski definition) is 2. The van der Waals surface area contributed by atoms with Crippen molar-refractivity contribution in [3.63, 3.8) is 0 Å². The van der Waals surface area contributed by atoms with E-state index in [1.807, 2.05) is 0 Å². The van der Waals surface area contributed by atoms with Gasteiger partial charge in [-0.3, -0.25) is 4.79 Å². The van der Waals surface area contributed by atoms with Crippen LogP contribution in [0.15, 0.2) is 24.3 Å². The Morgan fingerprint density at radius 3 is 3.00 bits per heavy atom. The lowest BCUT2D eigenvalue weighted by Gasteiger charge is -2.38. The summed E-state index contributed by atoms with van der Waals surface area (Å²) < 4.78 is 0. The van der Waals surface area contributed by atoms with Crippen LogP contribution in [0.25, 0.3) is 0 Å². The number of halogens is 1. The fourth-order valence-corrected chi connectivity index (χ4v) is 4.70. The van der Waals surface area contributed by atoms with Crippen molar-refractivity contribution < 1.29 is 4.79 Å². The van der Waals surface area contributed by atoms with Crippen LogP contribution in [-0.2, 0) is 11.2 Å². The molecule has 2 fully saturated rings. The van der Waals surface area contributed by atoms with Gasteiger partial charge in [-0.2, -0.15) is 0 Å². The molecule has 2 aliphatic carbocycles. The van der Waals surface area contributed by atoms with E-state index < -0.39 is 0 Å². The summed E-state index contributed by atoms with van der Waals surface area (Å²) in [6.45, 7) is 1.90. The summed E-state index contributed by atoms with van der Waals surface area (Å²) >= 11 is 0. The molecule has 4 heteroatoms. The highest BCUT2D eigenvalue weighted by Crippen LogP contribution is 2.44. The van der Waals surface area contributed by atoms with E-state index in [4.69, 9.17) is 0 Å². The molecule has 1 amide bonds. The van der Waals surface area contributed by atoms with Crippen LogP contribution in [0, 0.1) is 11.3 Å². The van der Waals surface area contributed by atoms with Crippen molar-refractivity contribution in [3.8, 4) is 0 Å². The lowest BCUT2D eigenvalue weighted by molar-refractivity contribution is -0.134. The Kier molecular flexibility index (Phi) is 4.47. The summed E-state index contributed by atoms with van der Waals surface area (Å²) in [6, 6.07) is 8.78. The van der Waals surface area contributed by atoms with Gasteiger partial charge in [-0.15, -0.1) is 12.4 Å². The first-order valence-corrected chi connectivity index (χ1v) is 8.39. The van der Waals surface area contributed by atoms with Gasteiger partial charge in [0.05, 0.1) is 11.5 Å². The summed E-state index contributed by atoms with van der Waals surface area (Å²) in [5, 5.41) is 6.86. The molecule has 1 aromatic rings. The standard InChI is InChI=1S/C18H24N2O.ClH/c21-17(18-10-4-3-6-14(18)11-19-12-18)20-16-9-8-13-5-1-2-7-15(13)16;/h1-2,5,7,14,16,19H,3-4,6,8-12H2,(H,20,21);1H/t14-,16?,18+;/m0./s1. The molecule has 0 bridgehead atoms. The predicted molar refractivity (Wildman–Crippen MR) is 90.2 cm³/mol. The van der Waals surface area contributed by atoms with Gasteiger partial charge in [-0.25, -0.2) is 0 Å². The number of carbonyl (C=O) groups excluding carboxylic acids is 1. The zero-order valence-corrected chi connectivity index (χ0v) is 13.8. The predicted octanol–water partition coefficient (Wildman–Crippen LogP) is 2.99. The van der Waals surface area contributed by atoms with E-state index in [0.717, 1.165) is 32.4 Å². The average molecular weight is 321 g/mol. The molecule has 2 N–H and O–H groups in total. The Bertz CT molecular complexity index is 562. The second-order valence-electron chi connectivity index (χ2n) is 6.99. The third-order valence-electron chi connectivity index (χ3n) is 5.93. The van der Waals surface area contributed by atoms with E-state index in [1.54, 1.807) is 0 Å². The zero-order valence-electron chi connectivity index (χ0n) is 12.9. The fraction of sp³-hybridized carbons (Fsp3) is 0.611. The molecular formula is C18H25ClN2O. The lowest BCUT2D eigenvalue weighted by atomic mass is 9.67. The fourth-order valence-electron chi connectivity index (χ4n) is 4.70. The molecule has 1 saturated heterocycles. The third-order valence-corrected chi connectivity index (χ3v) is 5.93. The summed E-state index contributed by atoms with van der Waals surface area (Å²) in [6.07, 6.45) is 6.90. The first-order chi connectivity index (χ1) is 10.3. The van der Waals surface area contributed by atoms with E-state index in [-0.39, 0.29) is 23.9 Å². The van der Waals surface area contributed by atoms with Crippen LogP contribution < -0.4 is 10.6 Å².